The fraction of sp³-hybridized carbons (Fsp3) is 0.0714. The number of aryl methyl sites for hydroxylation is 1. The van der Waals surface area contributed by atoms with Gasteiger partial charge in [0.15, 0.2) is 0 Å². The van der Waals surface area contributed by atoms with E-state index in [9.17, 15) is 0 Å². The Hall–Kier alpha value is -2.45. The molecule has 0 spiro atoms. The molecule has 0 aliphatic heterocycles. The quantitative estimate of drug-likeness (QED) is 0.711. The molecule has 4 nitrogen and oxygen atoms in total. The van der Waals surface area contributed by atoms with Gasteiger partial charge in [-0.3, -0.25) is 0 Å². The van der Waals surface area contributed by atoms with Crippen molar-refractivity contribution in [3.63, 3.8) is 0 Å². The van der Waals surface area contributed by atoms with Gasteiger partial charge in [0, 0.05) is 16.5 Å². The number of nitrogens with zero attached hydrogens (tertiary/aromatic N) is 3. The Morgan fingerprint density at radius 3 is 2.63 bits per heavy atom. The Labute approximate surface area is 113 Å². The Balaban J connectivity index is 1.97. The van der Waals surface area contributed by atoms with Crippen molar-refractivity contribution in [1.82, 2.24) is 10.1 Å². The first-order valence-electron chi connectivity index (χ1n) is 5.65. The summed E-state index contributed by atoms with van der Waals surface area (Å²) >= 11 is 1.61. The average molecular weight is 267 g/mol. The predicted octanol–water partition coefficient (Wildman–Crippen LogP) is 3.65. The largest absolute Gasteiger partial charge is 0.334 e. The fourth-order valence-corrected chi connectivity index (χ4v) is 2.55. The van der Waals surface area contributed by atoms with Gasteiger partial charge in [-0.15, -0.1) is 0 Å². The lowest BCUT2D eigenvalue weighted by atomic mass is 10.1. The summed E-state index contributed by atoms with van der Waals surface area (Å²) in [4.78, 5) is 4.39. The molecule has 0 N–H and O–H groups in total. The van der Waals surface area contributed by atoms with Crippen molar-refractivity contribution in [2.75, 3.05) is 0 Å². The van der Waals surface area contributed by atoms with Gasteiger partial charge in [-0.25, -0.2) is 0 Å². The highest BCUT2D eigenvalue weighted by Crippen LogP contribution is 2.26. The number of thiophene rings is 1. The molecule has 0 atom stereocenters. The third-order valence-corrected chi connectivity index (χ3v) is 3.64. The summed E-state index contributed by atoms with van der Waals surface area (Å²) in [5, 5.41) is 16.8. The molecule has 3 aromatic rings. The second kappa shape index (κ2) is 4.67. The zero-order valence-electron chi connectivity index (χ0n) is 10.1. The van der Waals surface area contributed by atoms with E-state index in [2.05, 4.69) is 16.2 Å². The summed E-state index contributed by atoms with van der Waals surface area (Å²) < 4.78 is 5.26. The highest BCUT2D eigenvalue weighted by molar-refractivity contribution is 7.08. The maximum absolute atomic E-state index is 8.76. The van der Waals surface area contributed by atoms with Crippen LogP contribution in [-0.2, 0) is 0 Å². The van der Waals surface area contributed by atoms with E-state index in [0.29, 0.717) is 17.3 Å². The molecule has 0 radical (unpaired) electrons. The third-order valence-electron chi connectivity index (χ3n) is 2.78. The number of benzene rings is 1. The smallest absolute Gasteiger partial charge is 0.258 e. The number of rotatable bonds is 2. The van der Waals surface area contributed by atoms with Gasteiger partial charge in [0.2, 0.25) is 5.82 Å². The summed E-state index contributed by atoms with van der Waals surface area (Å²) in [6, 6.07) is 9.14. The molecule has 0 fully saturated rings. The molecule has 19 heavy (non-hydrogen) atoms. The van der Waals surface area contributed by atoms with Crippen LogP contribution in [0, 0.1) is 18.3 Å². The number of hydrogen-bond donors (Lipinski definition) is 0. The van der Waals surface area contributed by atoms with E-state index >= 15 is 0 Å². The van der Waals surface area contributed by atoms with E-state index in [4.69, 9.17) is 9.78 Å². The molecule has 0 saturated carbocycles. The van der Waals surface area contributed by atoms with E-state index in [-0.39, 0.29) is 0 Å². The van der Waals surface area contributed by atoms with Gasteiger partial charge >= 0.3 is 0 Å². The third kappa shape index (κ3) is 2.14. The maximum atomic E-state index is 8.76. The van der Waals surface area contributed by atoms with Crippen LogP contribution in [0.25, 0.3) is 22.8 Å². The van der Waals surface area contributed by atoms with E-state index in [1.165, 1.54) is 0 Å². The monoisotopic (exact) mass is 267 g/mol. The first-order valence-corrected chi connectivity index (χ1v) is 6.59. The van der Waals surface area contributed by atoms with Crippen LogP contribution in [-0.4, -0.2) is 10.1 Å². The molecule has 0 amide bonds. The predicted molar refractivity (Wildman–Crippen MR) is 72.5 cm³/mol. The summed E-state index contributed by atoms with van der Waals surface area (Å²) in [5.41, 5.74) is 3.55. The lowest BCUT2D eigenvalue weighted by Gasteiger charge is -1.93. The van der Waals surface area contributed by atoms with Crippen molar-refractivity contribution in [2.45, 2.75) is 6.92 Å². The Bertz CT molecular complexity index is 750. The SMILES string of the molecule is Cc1cscc1-c1noc(-c2ccc(C#N)cc2)n1. The molecule has 1 aromatic carbocycles. The van der Waals surface area contributed by atoms with Crippen molar-refractivity contribution < 1.29 is 4.52 Å². The molecule has 0 aliphatic carbocycles. The van der Waals surface area contributed by atoms with Crippen molar-refractivity contribution in [3.05, 3.63) is 46.2 Å². The van der Waals surface area contributed by atoms with Crippen LogP contribution in [0.2, 0.25) is 0 Å². The van der Waals surface area contributed by atoms with Crippen molar-refractivity contribution >= 4 is 11.3 Å². The Kier molecular flexibility index (Phi) is 2.86. The van der Waals surface area contributed by atoms with Crippen LogP contribution in [0.4, 0.5) is 0 Å². The van der Waals surface area contributed by atoms with Crippen molar-refractivity contribution in [3.8, 4) is 28.9 Å². The van der Waals surface area contributed by atoms with E-state index in [0.717, 1.165) is 16.7 Å². The lowest BCUT2D eigenvalue weighted by Crippen LogP contribution is -1.81. The average Bonchev–Trinajstić information content (AvgIpc) is 3.07. The van der Waals surface area contributed by atoms with Gasteiger partial charge in [0.25, 0.3) is 5.89 Å². The highest BCUT2D eigenvalue weighted by atomic mass is 32.1. The van der Waals surface area contributed by atoms with Gasteiger partial charge in [-0.2, -0.15) is 21.6 Å². The van der Waals surface area contributed by atoms with Crippen molar-refractivity contribution in [2.24, 2.45) is 0 Å². The standard InChI is InChI=1S/C14H9N3OS/c1-9-7-19-8-12(9)13-16-14(18-17-13)11-4-2-10(6-15)3-5-11/h2-5,7-8H,1H3. The summed E-state index contributed by atoms with van der Waals surface area (Å²) in [6.45, 7) is 2.02. The van der Waals surface area contributed by atoms with Crippen LogP contribution in [0.5, 0.6) is 0 Å². The second-order valence-electron chi connectivity index (χ2n) is 4.08. The molecule has 3 rings (SSSR count). The van der Waals surface area contributed by atoms with Crippen LogP contribution in [0.3, 0.4) is 0 Å². The molecule has 5 heteroatoms. The van der Waals surface area contributed by atoms with Crippen LogP contribution < -0.4 is 0 Å². The van der Waals surface area contributed by atoms with Gasteiger partial charge in [-0.1, -0.05) is 5.16 Å². The molecular formula is C14H9N3OS. The van der Waals surface area contributed by atoms with E-state index in [1.54, 1.807) is 35.6 Å². The number of hydrogen-bond acceptors (Lipinski definition) is 5. The first-order chi connectivity index (χ1) is 9.28. The van der Waals surface area contributed by atoms with Crippen LogP contribution in [0.1, 0.15) is 11.1 Å². The van der Waals surface area contributed by atoms with Gasteiger partial charge in [0.1, 0.15) is 0 Å². The molecule has 2 aromatic heterocycles. The summed E-state index contributed by atoms with van der Waals surface area (Å²) in [5.74, 6) is 1.06. The fourth-order valence-electron chi connectivity index (χ4n) is 1.73. The molecule has 0 saturated heterocycles. The van der Waals surface area contributed by atoms with E-state index < -0.39 is 0 Å². The molecule has 92 valence electrons. The van der Waals surface area contributed by atoms with Crippen LogP contribution in [0.15, 0.2) is 39.5 Å². The first kappa shape index (κ1) is 11.6. The van der Waals surface area contributed by atoms with Crippen molar-refractivity contribution in [1.29, 1.82) is 5.26 Å². The maximum Gasteiger partial charge on any atom is 0.258 e. The highest BCUT2D eigenvalue weighted by Gasteiger charge is 2.12. The zero-order chi connectivity index (χ0) is 13.2. The van der Waals surface area contributed by atoms with Gasteiger partial charge in [0.05, 0.1) is 11.6 Å². The minimum atomic E-state index is 0.463. The van der Waals surface area contributed by atoms with Gasteiger partial charge in [-0.05, 0) is 42.1 Å². The molecular weight excluding hydrogens is 258 g/mol. The summed E-state index contributed by atoms with van der Waals surface area (Å²) in [7, 11) is 0. The normalized spacial score (nSPS) is 10.3. The van der Waals surface area contributed by atoms with E-state index in [1.807, 2.05) is 17.7 Å². The molecule has 0 unspecified atom stereocenters. The minimum absolute atomic E-state index is 0.463. The molecule has 0 aliphatic rings. The topological polar surface area (TPSA) is 62.7 Å². The second-order valence-corrected chi connectivity index (χ2v) is 4.82. The zero-order valence-corrected chi connectivity index (χ0v) is 10.9. The minimum Gasteiger partial charge on any atom is -0.334 e. The summed E-state index contributed by atoms with van der Waals surface area (Å²) in [6.07, 6.45) is 0. The molecule has 0 bridgehead atoms. The van der Waals surface area contributed by atoms with Crippen LogP contribution >= 0.6 is 11.3 Å². The number of aromatic nitrogens is 2. The van der Waals surface area contributed by atoms with Gasteiger partial charge < -0.3 is 4.52 Å². The molecule has 2 heterocycles. The lowest BCUT2D eigenvalue weighted by molar-refractivity contribution is 0.432. The Morgan fingerprint density at radius 1 is 1.21 bits per heavy atom. The number of nitriles is 1. The Morgan fingerprint density at radius 2 is 2.00 bits per heavy atom.